The molecule has 0 amide bonds. The van der Waals surface area contributed by atoms with E-state index < -0.39 is 0 Å². The van der Waals surface area contributed by atoms with Gasteiger partial charge in [-0.1, -0.05) is 25.0 Å². The minimum Gasteiger partial charge on any atom is -0.497 e. The first kappa shape index (κ1) is 13.7. The third kappa shape index (κ3) is 3.63. The van der Waals surface area contributed by atoms with E-state index in [0.717, 1.165) is 24.9 Å². The lowest BCUT2D eigenvalue weighted by molar-refractivity contribution is 0.201. The fourth-order valence-corrected chi connectivity index (χ4v) is 2.95. The fraction of sp³-hybridized carbons (Fsp3) is 0.600. The molecule has 0 spiro atoms. The topological polar surface area (TPSA) is 12.5 Å². The van der Waals surface area contributed by atoms with Gasteiger partial charge in [0.15, 0.2) is 0 Å². The average molecular weight is 268 g/mol. The third-order valence-electron chi connectivity index (χ3n) is 3.76. The number of halogens is 1. The molecule has 3 heteroatoms. The van der Waals surface area contributed by atoms with Gasteiger partial charge in [0.1, 0.15) is 5.75 Å². The summed E-state index contributed by atoms with van der Waals surface area (Å²) in [7, 11) is 1.70. The Hall–Kier alpha value is -0.730. The Morgan fingerprint density at radius 1 is 1.22 bits per heavy atom. The lowest BCUT2D eigenvalue weighted by Gasteiger charge is -2.28. The number of hydrogen-bond donors (Lipinski definition) is 0. The predicted octanol–water partition coefficient (Wildman–Crippen LogP) is 3.68. The summed E-state index contributed by atoms with van der Waals surface area (Å²) in [5.41, 5.74) is 1.34. The van der Waals surface area contributed by atoms with Crippen LogP contribution in [0.2, 0.25) is 0 Å². The molecule has 18 heavy (non-hydrogen) atoms. The monoisotopic (exact) mass is 267 g/mol. The first-order chi connectivity index (χ1) is 8.83. The van der Waals surface area contributed by atoms with Crippen LogP contribution in [0.15, 0.2) is 24.3 Å². The van der Waals surface area contributed by atoms with E-state index >= 15 is 0 Å². The summed E-state index contributed by atoms with van der Waals surface area (Å²) in [6, 6.07) is 9.08. The van der Waals surface area contributed by atoms with Crippen LogP contribution in [0.3, 0.4) is 0 Å². The fourth-order valence-electron chi connectivity index (χ4n) is 2.73. The van der Waals surface area contributed by atoms with E-state index in [2.05, 4.69) is 17.0 Å². The predicted molar refractivity (Wildman–Crippen MR) is 76.4 cm³/mol. The number of methoxy groups -OCH3 is 1. The number of alkyl halides is 1. The molecule has 1 fully saturated rings. The van der Waals surface area contributed by atoms with E-state index in [4.69, 9.17) is 16.3 Å². The van der Waals surface area contributed by atoms with Crippen LogP contribution in [-0.4, -0.2) is 30.5 Å². The van der Waals surface area contributed by atoms with Gasteiger partial charge in [-0.15, -0.1) is 11.6 Å². The maximum atomic E-state index is 5.93. The lowest BCUT2D eigenvalue weighted by atomic mass is 10.1. The van der Waals surface area contributed by atoms with Crippen LogP contribution in [0.4, 0.5) is 0 Å². The Labute approximate surface area is 115 Å². The van der Waals surface area contributed by atoms with Crippen molar-refractivity contribution in [2.24, 2.45) is 0 Å². The van der Waals surface area contributed by atoms with Gasteiger partial charge >= 0.3 is 0 Å². The molecule has 0 atom stereocenters. The largest absolute Gasteiger partial charge is 0.497 e. The summed E-state index contributed by atoms with van der Waals surface area (Å²) in [6.45, 7) is 1.99. The average Bonchev–Trinajstić information content (AvgIpc) is 2.93. The van der Waals surface area contributed by atoms with Crippen molar-refractivity contribution in [2.75, 3.05) is 19.5 Å². The number of benzene rings is 1. The van der Waals surface area contributed by atoms with E-state index in [-0.39, 0.29) is 0 Å². The molecule has 0 aliphatic heterocycles. The van der Waals surface area contributed by atoms with Crippen LogP contribution >= 0.6 is 11.6 Å². The van der Waals surface area contributed by atoms with Crippen LogP contribution in [0.25, 0.3) is 0 Å². The van der Waals surface area contributed by atoms with Crippen molar-refractivity contribution in [1.82, 2.24) is 4.90 Å². The van der Waals surface area contributed by atoms with Crippen molar-refractivity contribution in [1.29, 1.82) is 0 Å². The molecule has 0 saturated heterocycles. The van der Waals surface area contributed by atoms with Gasteiger partial charge in [-0.25, -0.2) is 0 Å². The Morgan fingerprint density at radius 2 is 1.89 bits per heavy atom. The number of nitrogens with zero attached hydrogens (tertiary/aromatic N) is 1. The Kier molecular flexibility index (Phi) is 5.33. The quantitative estimate of drug-likeness (QED) is 0.729. The van der Waals surface area contributed by atoms with Crippen molar-refractivity contribution in [3.05, 3.63) is 29.8 Å². The Bertz CT molecular complexity index is 346. The summed E-state index contributed by atoms with van der Waals surface area (Å²) in [5.74, 6) is 1.63. The first-order valence-corrected chi connectivity index (χ1v) is 7.30. The molecular formula is C15H22ClNO. The molecule has 1 aromatic rings. The Balaban J connectivity index is 1.98. The lowest BCUT2D eigenvalue weighted by Crippen LogP contribution is -2.34. The minimum atomic E-state index is 0.715. The zero-order chi connectivity index (χ0) is 12.8. The molecule has 1 saturated carbocycles. The van der Waals surface area contributed by atoms with Crippen LogP contribution in [0.5, 0.6) is 5.75 Å². The smallest absolute Gasteiger partial charge is 0.118 e. The number of hydrogen-bond acceptors (Lipinski definition) is 2. The molecular weight excluding hydrogens is 246 g/mol. The van der Waals surface area contributed by atoms with Gasteiger partial charge in [0.05, 0.1) is 7.11 Å². The molecule has 1 aliphatic carbocycles. The molecule has 0 bridgehead atoms. The van der Waals surface area contributed by atoms with Crippen molar-refractivity contribution in [3.8, 4) is 5.75 Å². The van der Waals surface area contributed by atoms with Gasteiger partial charge in [-0.05, 0) is 30.5 Å². The summed E-state index contributed by atoms with van der Waals surface area (Å²) < 4.78 is 5.19. The molecule has 2 nitrogen and oxygen atoms in total. The molecule has 2 rings (SSSR count). The number of rotatable bonds is 6. The van der Waals surface area contributed by atoms with Gasteiger partial charge in [0.25, 0.3) is 0 Å². The van der Waals surface area contributed by atoms with Crippen molar-refractivity contribution >= 4 is 11.6 Å². The maximum absolute atomic E-state index is 5.93. The SMILES string of the molecule is COc1ccc(CN(CCCl)C2CCCC2)cc1. The van der Waals surface area contributed by atoms with Gasteiger partial charge in [0.2, 0.25) is 0 Å². The zero-order valence-electron chi connectivity index (χ0n) is 11.1. The van der Waals surface area contributed by atoms with Crippen molar-refractivity contribution < 1.29 is 4.74 Å². The minimum absolute atomic E-state index is 0.715. The third-order valence-corrected chi connectivity index (χ3v) is 3.93. The highest BCUT2D eigenvalue weighted by Crippen LogP contribution is 2.25. The van der Waals surface area contributed by atoms with Crippen LogP contribution < -0.4 is 4.74 Å². The second-order valence-corrected chi connectivity index (χ2v) is 5.32. The number of ether oxygens (including phenoxy) is 1. The van der Waals surface area contributed by atoms with Crippen LogP contribution in [0, 0.1) is 0 Å². The van der Waals surface area contributed by atoms with E-state index in [1.54, 1.807) is 7.11 Å². The maximum Gasteiger partial charge on any atom is 0.118 e. The summed E-state index contributed by atoms with van der Waals surface area (Å²) >= 11 is 5.93. The van der Waals surface area contributed by atoms with Crippen LogP contribution in [-0.2, 0) is 6.54 Å². The molecule has 0 heterocycles. The molecule has 0 aromatic heterocycles. The molecule has 1 aliphatic rings. The highest BCUT2D eigenvalue weighted by molar-refractivity contribution is 6.18. The first-order valence-electron chi connectivity index (χ1n) is 6.76. The molecule has 0 N–H and O–H groups in total. The van der Waals surface area contributed by atoms with Gasteiger partial charge < -0.3 is 4.74 Å². The second-order valence-electron chi connectivity index (χ2n) is 4.95. The van der Waals surface area contributed by atoms with E-state index in [0.29, 0.717) is 5.88 Å². The second kappa shape index (κ2) is 7.01. The standard InChI is InChI=1S/C15H22ClNO/c1-18-15-8-6-13(7-9-15)12-17(11-10-16)14-4-2-3-5-14/h6-9,14H,2-5,10-12H2,1H3. The van der Waals surface area contributed by atoms with Gasteiger partial charge in [-0.3, -0.25) is 4.90 Å². The molecule has 1 aromatic carbocycles. The summed E-state index contributed by atoms with van der Waals surface area (Å²) in [6.07, 6.45) is 5.39. The molecule has 100 valence electrons. The van der Waals surface area contributed by atoms with E-state index in [9.17, 15) is 0 Å². The highest BCUT2D eigenvalue weighted by atomic mass is 35.5. The zero-order valence-corrected chi connectivity index (χ0v) is 11.8. The molecule has 0 unspecified atom stereocenters. The van der Waals surface area contributed by atoms with E-state index in [1.165, 1.54) is 31.2 Å². The van der Waals surface area contributed by atoms with Gasteiger partial charge in [-0.2, -0.15) is 0 Å². The van der Waals surface area contributed by atoms with Crippen LogP contribution in [0.1, 0.15) is 31.2 Å². The van der Waals surface area contributed by atoms with Gasteiger partial charge in [0, 0.05) is 25.0 Å². The van der Waals surface area contributed by atoms with Crippen molar-refractivity contribution in [2.45, 2.75) is 38.3 Å². The Morgan fingerprint density at radius 3 is 2.44 bits per heavy atom. The van der Waals surface area contributed by atoms with E-state index in [1.807, 2.05) is 12.1 Å². The summed E-state index contributed by atoms with van der Waals surface area (Å²) in [4.78, 5) is 2.53. The molecule has 0 radical (unpaired) electrons. The van der Waals surface area contributed by atoms with Crippen molar-refractivity contribution in [3.63, 3.8) is 0 Å². The highest BCUT2D eigenvalue weighted by Gasteiger charge is 2.21. The summed E-state index contributed by atoms with van der Waals surface area (Å²) in [5, 5.41) is 0. The normalized spacial score (nSPS) is 16.4.